The average molecular weight is 161 g/mol. The zero-order valence-corrected chi connectivity index (χ0v) is 7.72. The van der Waals surface area contributed by atoms with Gasteiger partial charge in [0.1, 0.15) is 0 Å². The van der Waals surface area contributed by atoms with Crippen LogP contribution in [0, 0.1) is 6.92 Å². The van der Waals surface area contributed by atoms with Gasteiger partial charge in [-0.3, -0.25) is 0 Å². The van der Waals surface area contributed by atoms with E-state index in [4.69, 9.17) is 0 Å². The molecular formula is C11H15N. The van der Waals surface area contributed by atoms with E-state index in [1.165, 1.54) is 29.7 Å². The molecule has 1 nitrogen and oxygen atoms in total. The van der Waals surface area contributed by atoms with Crippen molar-refractivity contribution in [3.05, 3.63) is 29.3 Å². The summed E-state index contributed by atoms with van der Waals surface area (Å²) in [4.78, 5) is 0. The maximum Gasteiger partial charge on any atom is 0.0370 e. The molecular weight excluding hydrogens is 146 g/mol. The highest BCUT2D eigenvalue weighted by Crippen LogP contribution is 2.41. The highest BCUT2D eigenvalue weighted by Gasteiger charge is 2.23. The van der Waals surface area contributed by atoms with Crippen molar-refractivity contribution in [2.24, 2.45) is 0 Å². The van der Waals surface area contributed by atoms with E-state index in [-0.39, 0.29) is 0 Å². The molecule has 0 bridgehead atoms. The number of nitrogens with one attached hydrogen (secondary N) is 1. The Morgan fingerprint density at radius 2 is 2.08 bits per heavy atom. The lowest BCUT2D eigenvalue weighted by Crippen LogP contribution is -1.92. The molecule has 1 N–H and O–H groups in total. The van der Waals surface area contributed by atoms with Crippen LogP contribution in [0.15, 0.2) is 18.2 Å². The Labute approximate surface area is 73.8 Å². The molecule has 1 heteroatoms. The number of hydrogen-bond acceptors (Lipinski definition) is 1. The van der Waals surface area contributed by atoms with Crippen LogP contribution in [0.1, 0.15) is 29.9 Å². The predicted molar refractivity (Wildman–Crippen MR) is 52.7 cm³/mol. The lowest BCUT2D eigenvalue weighted by Gasteiger charge is -2.06. The third kappa shape index (κ3) is 1.31. The summed E-state index contributed by atoms with van der Waals surface area (Å²) in [6.45, 7) is 2.14. The zero-order chi connectivity index (χ0) is 8.55. The van der Waals surface area contributed by atoms with E-state index >= 15 is 0 Å². The molecule has 0 saturated heterocycles. The van der Waals surface area contributed by atoms with Gasteiger partial charge >= 0.3 is 0 Å². The Kier molecular flexibility index (Phi) is 1.80. The van der Waals surface area contributed by atoms with Gasteiger partial charge < -0.3 is 5.32 Å². The van der Waals surface area contributed by atoms with E-state index < -0.39 is 0 Å². The minimum Gasteiger partial charge on any atom is -0.388 e. The number of rotatable bonds is 2. The van der Waals surface area contributed by atoms with E-state index in [2.05, 4.69) is 30.4 Å². The summed E-state index contributed by atoms with van der Waals surface area (Å²) in [6, 6.07) is 6.75. The lowest BCUT2D eigenvalue weighted by molar-refractivity contribution is 1.12. The van der Waals surface area contributed by atoms with Crippen LogP contribution in [0.3, 0.4) is 0 Å². The third-order valence-electron chi connectivity index (χ3n) is 2.58. The average Bonchev–Trinajstić information content (AvgIpc) is 2.88. The second kappa shape index (κ2) is 2.81. The van der Waals surface area contributed by atoms with Gasteiger partial charge in [-0.1, -0.05) is 12.1 Å². The summed E-state index contributed by atoms with van der Waals surface area (Å²) in [5.41, 5.74) is 4.12. The van der Waals surface area contributed by atoms with Crippen molar-refractivity contribution >= 4 is 5.69 Å². The molecule has 12 heavy (non-hydrogen) atoms. The Morgan fingerprint density at radius 3 is 2.67 bits per heavy atom. The van der Waals surface area contributed by atoms with Crippen molar-refractivity contribution in [1.82, 2.24) is 0 Å². The van der Waals surface area contributed by atoms with E-state index in [1.807, 2.05) is 7.05 Å². The third-order valence-corrected chi connectivity index (χ3v) is 2.58. The molecule has 0 atom stereocenters. The van der Waals surface area contributed by atoms with E-state index in [1.54, 1.807) is 0 Å². The Bertz CT molecular complexity index is 287. The topological polar surface area (TPSA) is 12.0 Å². The van der Waals surface area contributed by atoms with Crippen molar-refractivity contribution < 1.29 is 0 Å². The fourth-order valence-corrected chi connectivity index (χ4v) is 1.58. The zero-order valence-electron chi connectivity index (χ0n) is 7.72. The summed E-state index contributed by atoms with van der Waals surface area (Å²) >= 11 is 0. The van der Waals surface area contributed by atoms with Crippen molar-refractivity contribution in [2.45, 2.75) is 25.7 Å². The van der Waals surface area contributed by atoms with E-state index in [9.17, 15) is 0 Å². The first-order valence-electron chi connectivity index (χ1n) is 4.59. The van der Waals surface area contributed by atoms with Crippen LogP contribution in [0.25, 0.3) is 0 Å². The van der Waals surface area contributed by atoms with Crippen LogP contribution < -0.4 is 5.32 Å². The maximum atomic E-state index is 3.22. The SMILES string of the molecule is CNc1cc(C2CC2)ccc1C. The van der Waals surface area contributed by atoms with E-state index in [0.29, 0.717) is 0 Å². The highest BCUT2D eigenvalue weighted by molar-refractivity contribution is 5.53. The van der Waals surface area contributed by atoms with Gasteiger partial charge in [-0.25, -0.2) is 0 Å². The summed E-state index contributed by atoms with van der Waals surface area (Å²) in [5, 5.41) is 3.22. The maximum absolute atomic E-state index is 3.22. The molecule has 1 aliphatic rings. The first-order chi connectivity index (χ1) is 5.81. The molecule has 0 amide bonds. The van der Waals surface area contributed by atoms with Crippen LogP contribution in [0.5, 0.6) is 0 Å². The largest absolute Gasteiger partial charge is 0.388 e. The smallest absolute Gasteiger partial charge is 0.0370 e. The fourth-order valence-electron chi connectivity index (χ4n) is 1.58. The molecule has 1 aromatic carbocycles. The molecule has 0 radical (unpaired) electrons. The predicted octanol–water partition coefficient (Wildman–Crippen LogP) is 2.91. The molecule has 0 aliphatic heterocycles. The van der Waals surface area contributed by atoms with Gasteiger partial charge in [0.15, 0.2) is 0 Å². The molecule has 0 unspecified atom stereocenters. The van der Waals surface area contributed by atoms with Gasteiger partial charge in [-0.15, -0.1) is 0 Å². The minimum absolute atomic E-state index is 0.859. The van der Waals surface area contributed by atoms with Crippen LogP contribution >= 0.6 is 0 Å². The highest BCUT2D eigenvalue weighted by atomic mass is 14.8. The summed E-state index contributed by atoms with van der Waals surface area (Å²) < 4.78 is 0. The van der Waals surface area contributed by atoms with Crippen molar-refractivity contribution in [3.8, 4) is 0 Å². The standard InChI is InChI=1S/C11H15N/c1-8-3-4-10(9-5-6-9)7-11(8)12-2/h3-4,7,9,12H,5-6H2,1-2H3. The van der Waals surface area contributed by atoms with Crippen molar-refractivity contribution in [3.63, 3.8) is 0 Å². The van der Waals surface area contributed by atoms with Crippen LogP contribution in [-0.2, 0) is 0 Å². The molecule has 0 spiro atoms. The van der Waals surface area contributed by atoms with Crippen molar-refractivity contribution in [1.29, 1.82) is 0 Å². The molecule has 1 aliphatic carbocycles. The molecule has 64 valence electrons. The fraction of sp³-hybridized carbons (Fsp3) is 0.455. The van der Waals surface area contributed by atoms with Gasteiger partial charge in [0.25, 0.3) is 0 Å². The minimum atomic E-state index is 0.859. The Hall–Kier alpha value is -0.980. The summed E-state index contributed by atoms with van der Waals surface area (Å²) in [6.07, 6.45) is 2.76. The van der Waals surface area contributed by atoms with Gasteiger partial charge in [0.05, 0.1) is 0 Å². The summed E-state index contributed by atoms with van der Waals surface area (Å²) in [5.74, 6) is 0.859. The van der Waals surface area contributed by atoms with Gasteiger partial charge in [0.2, 0.25) is 0 Å². The second-order valence-electron chi connectivity index (χ2n) is 3.60. The number of hydrogen-bond donors (Lipinski definition) is 1. The Morgan fingerprint density at radius 1 is 1.33 bits per heavy atom. The quantitative estimate of drug-likeness (QED) is 0.703. The molecule has 0 aromatic heterocycles. The van der Waals surface area contributed by atoms with E-state index in [0.717, 1.165) is 5.92 Å². The first kappa shape index (κ1) is 7.66. The Balaban J connectivity index is 2.33. The second-order valence-corrected chi connectivity index (χ2v) is 3.60. The van der Waals surface area contributed by atoms with Gasteiger partial charge in [0, 0.05) is 12.7 Å². The molecule has 1 saturated carbocycles. The molecule has 0 heterocycles. The molecule has 1 fully saturated rings. The number of aryl methyl sites for hydroxylation is 1. The number of anilines is 1. The molecule has 1 aromatic rings. The number of benzene rings is 1. The monoisotopic (exact) mass is 161 g/mol. The van der Waals surface area contributed by atoms with Crippen LogP contribution in [-0.4, -0.2) is 7.05 Å². The normalized spacial score (nSPS) is 16.2. The first-order valence-corrected chi connectivity index (χ1v) is 4.59. The molecule has 2 rings (SSSR count). The van der Waals surface area contributed by atoms with Gasteiger partial charge in [-0.05, 0) is 42.9 Å². The van der Waals surface area contributed by atoms with Crippen molar-refractivity contribution in [2.75, 3.05) is 12.4 Å². The van der Waals surface area contributed by atoms with Crippen LogP contribution in [0.2, 0.25) is 0 Å². The van der Waals surface area contributed by atoms with Crippen LogP contribution in [0.4, 0.5) is 5.69 Å². The summed E-state index contributed by atoms with van der Waals surface area (Å²) in [7, 11) is 1.99. The lowest BCUT2D eigenvalue weighted by atomic mass is 10.1. The van der Waals surface area contributed by atoms with Gasteiger partial charge in [-0.2, -0.15) is 0 Å².